The Morgan fingerprint density at radius 1 is 1.50 bits per heavy atom. The maximum Gasteiger partial charge on any atom is 0.246 e. The highest BCUT2D eigenvalue weighted by atomic mass is 32.2. The van der Waals surface area contributed by atoms with Gasteiger partial charge in [0.05, 0.1) is 6.54 Å². The molecule has 0 atom stereocenters. The van der Waals surface area contributed by atoms with Crippen molar-refractivity contribution in [1.29, 1.82) is 0 Å². The molecule has 0 unspecified atom stereocenters. The van der Waals surface area contributed by atoms with E-state index in [1.807, 2.05) is 19.2 Å². The minimum Gasteiger partial charge on any atom is -0.381 e. The van der Waals surface area contributed by atoms with E-state index in [-0.39, 0.29) is 17.3 Å². The summed E-state index contributed by atoms with van der Waals surface area (Å²) in [7, 11) is -3.67. The summed E-state index contributed by atoms with van der Waals surface area (Å²) in [4.78, 5) is 4.22. The van der Waals surface area contributed by atoms with Gasteiger partial charge in [0.2, 0.25) is 10.0 Å². The van der Waals surface area contributed by atoms with Crippen molar-refractivity contribution in [3.8, 4) is 0 Å². The van der Waals surface area contributed by atoms with Crippen LogP contribution >= 0.6 is 11.3 Å². The molecule has 2 aromatic rings. The van der Waals surface area contributed by atoms with E-state index in [1.165, 1.54) is 22.2 Å². The van der Waals surface area contributed by atoms with E-state index in [0.29, 0.717) is 11.6 Å². The zero-order valence-electron chi connectivity index (χ0n) is 11.3. The van der Waals surface area contributed by atoms with E-state index in [4.69, 9.17) is 5.73 Å². The molecule has 2 heterocycles. The van der Waals surface area contributed by atoms with Gasteiger partial charge in [-0.2, -0.15) is 5.10 Å². The number of aromatic nitrogens is 3. The summed E-state index contributed by atoms with van der Waals surface area (Å²) in [5.74, 6) is 0.0151. The highest BCUT2D eigenvalue weighted by Gasteiger charge is 2.21. The molecule has 0 bridgehead atoms. The van der Waals surface area contributed by atoms with E-state index in [2.05, 4.69) is 14.8 Å². The molecule has 2 aromatic heterocycles. The van der Waals surface area contributed by atoms with E-state index >= 15 is 0 Å². The van der Waals surface area contributed by atoms with E-state index < -0.39 is 10.0 Å². The Balaban J connectivity index is 2.13. The fourth-order valence-corrected chi connectivity index (χ4v) is 3.55. The van der Waals surface area contributed by atoms with Crippen LogP contribution in [0.5, 0.6) is 0 Å². The first-order valence-electron chi connectivity index (χ1n) is 6.16. The zero-order valence-corrected chi connectivity index (χ0v) is 13.0. The molecule has 20 heavy (non-hydrogen) atoms. The van der Waals surface area contributed by atoms with Gasteiger partial charge < -0.3 is 5.73 Å². The van der Waals surface area contributed by atoms with Gasteiger partial charge in [0, 0.05) is 23.8 Å². The fraction of sp³-hybridized carbons (Fsp3) is 0.455. The number of nitrogens with zero attached hydrogens (tertiary/aromatic N) is 3. The Labute approximate surface area is 121 Å². The summed E-state index contributed by atoms with van der Waals surface area (Å²) in [5.41, 5.74) is 6.54. The number of nitrogens with one attached hydrogen (secondary N) is 1. The van der Waals surface area contributed by atoms with Crippen molar-refractivity contribution in [2.24, 2.45) is 0 Å². The molecule has 0 radical (unpaired) electrons. The molecule has 0 aliphatic heterocycles. The molecule has 0 saturated heterocycles. The van der Waals surface area contributed by atoms with Crippen molar-refractivity contribution >= 4 is 27.2 Å². The maximum atomic E-state index is 12.2. The molecule has 0 aromatic carbocycles. The highest BCUT2D eigenvalue weighted by molar-refractivity contribution is 7.89. The van der Waals surface area contributed by atoms with Crippen molar-refractivity contribution in [3.05, 3.63) is 22.3 Å². The smallest absolute Gasteiger partial charge is 0.246 e. The summed E-state index contributed by atoms with van der Waals surface area (Å²) in [6.07, 6.45) is 2.31. The molecule has 3 N–H and O–H groups in total. The number of anilines is 1. The Morgan fingerprint density at radius 3 is 2.85 bits per heavy atom. The zero-order chi connectivity index (χ0) is 14.8. The lowest BCUT2D eigenvalue weighted by atomic mass is 10.5. The Hall–Kier alpha value is -1.45. The number of nitrogen functional groups attached to an aromatic ring is 1. The molecule has 110 valence electrons. The molecule has 9 heteroatoms. The molecule has 0 aliphatic rings. The summed E-state index contributed by atoms with van der Waals surface area (Å²) >= 11 is 1.41. The third kappa shape index (κ3) is 3.35. The predicted octanol–water partition coefficient (Wildman–Crippen LogP) is 1.12. The Bertz CT molecular complexity index is 689. The molecular weight excluding hydrogens is 298 g/mol. The number of hydrogen-bond donors (Lipinski definition) is 2. The van der Waals surface area contributed by atoms with Crippen LogP contribution in [0.1, 0.15) is 24.0 Å². The fourth-order valence-electron chi connectivity index (χ4n) is 1.69. The summed E-state index contributed by atoms with van der Waals surface area (Å²) in [5, 5.41) is 6.57. The monoisotopic (exact) mass is 315 g/mol. The number of nitrogens with two attached hydrogens (primary N) is 1. The van der Waals surface area contributed by atoms with Gasteiger partial charge in [0.25, 0.3) is 0 Å². The van der Waals surface area contributed by atoms with Crippen LogP contribution in [0.15, 0.2) is 16.5 Å². The summed E-state index contributed by atoms with van der Waals surface area (Å²) in [6.45, 7) is 4.63. The number of sulfonamides is 1. The van der Waals surface area contributed by atoms with Gasteiger partial charge in [-0.15, -0.1) is 11.3 Å². The van der Waals surface area contributed by atoms with Crippen LogP contribution in [-0.2, 0) is 23.1 Å². The predicted molar refractivity (Wildman–Crippen MR) is 77.8 cm³/mol. The topological polar surface area (TPSA) is 103 Å². The van der Waals surface area contributed by atoms with Crippen LogP contribution in [0.2, 0.25) is 0 Å². The number of aryl methyl sites for hydroxylation is 2. The van der Waals surface area contributed by atoms with Crippen molar-refractivity contribution in [1.82, 2.24) is 19.5 Å². The van der Waals surface area contributed by atoms with Crippen molar-refractivity contribution in [2.75, 3.05) is 5.73 Å². The third-order valence-corrected chi connectivity index (χ3v) is 4.96. The van der Waals surface area contributed by atoms with Crippen LogP contribution in [0, 0.1) is 6.92 Å². The van der Waals surface area contributed by atoms with Crippen molar-refractivity contribution in [3.63, 3.8) is 0 Å². The first kappa shape index (κ1) is 14.9. The minimum atomic E-state index is -3.67. The number of thiazole rings is 1. The lowest BCUT2D eigenvalue weighted by Crippen LogP contribution is -2.23. The molecule has 0 amide bonds. The van der Waals surface area contributed by atoms with E-state index in [0.717, 1.165) is 12.1 Å². The van der Waals surface area contributed by atoms with Gasteiger partial charge in [-0.3, -0.25) is 4.68 Å². The van der Waals surface area contributed by atoms with Gasteiger partial charge in [0.15, 0.2) is 5.82 Å². The number of hydrogen-bond acceptors (Lipinski definition) is 6. The van der Waals surface area contributed by atoms with Gasteiger partial charge in [-0.25, -0.2) is 18.1 Å². The highest BCUT2D eigenvalue weighted by Crippen LogP contribution is 2.17. The van der Waals surface area contributed by atoms with Crippen molar-refractivity contribution in [2.45, 2.75) is 38.3 Å². The molecule has 0 saturated carbocycles. The molecule has 7 nitrogen and oxygen atoms in total. The second-order valence-corrected chi connectivity index (χ2v) is 7.03. The summed E-state index contributed by atoms with van der Waals surface area (Å²) in [6, 6.07) is 0. The third-order valence-electron chi connectivity index (χ3n) is 2.58. The first-order valence-corrected chi connectivity index (χ1v) is 8.52. The van der Waals surface area contributed by atoms with Gasteiger partial charge >= 0.3 is 0 Å². The molecule has 0 fully saturated rings. The van der Waals surface area contributed by atoms with Crippen molar-refractivity contribution < 1.29 is 8.42 Å². The van der Waals surface area contributed by atoms with Gasteiger partial charge in [-0.1, -0.05) is 6.92 Å². The van der Waals surface area contributed by atoms with Crippen LogP contribution in [0.3, 0.4) is 0 Å². The standard InChI is InChI=1S/C11H17N5O2S2/c1-3-4-16-6-9(11(12)15-16)20(17,18)13-5-10-14-8(2)7-19-10/h6-7,13H,3-5H2,1-2H3,(H2,12,15). The average Bonchev–Trinajstić information content (AvgIpc) is 2.94. The molecule has 2 rings (SSSR count). The SMILES string of the molecule is CCCn1cc(S(=O)(=O)NCc2nc(C)cs2)c(N)n1. The Kier molecular flexibility index (Phi) is 4.41. The van der Waals surface area contributed by atoms with Crippen LogP contribution in [0.25, 0.3) is 0 Å². The lowest BCUT2D eigenvalue weighted by Gasteiger charge is -2.03. The summed E-state index contributed by atoms with van der Waals surface area (Å²) < 4.78 is 28.4. The van der Waals surface area contributed by atoms with Crippen LogP contribution in [-0.4, -0.2) is 23.2 Å². The van der Waals surface area contributed by atoms with Crippen LogP contribution in [0.4, 0.5) is 5.82 Å². The van der Waals surface area contributed by atoms with Gasteiger partial charge in [0.1, 0.15) is 9.90 Å². The average molecular weight is 315 g/mol. The second kappa shape index (κ2) is 5.90. The normalized spacial score (nSPS) is 11.9. The molecule has 0 aliphatic carbocycles. The largest absolute Gasteiger partial charge is 0.381 e. The molecular formula is C11H17N5O2S2. The Morgan fingerprint density at radius 2 is 2.25 bits per heavy atom. The minimum absolute atomic E-state index is 0.0132. The second-order valence-electron chi connectivity index (χ2n) is 4.35. The maximum absolute atomic E-state index is 12.2. The van der Waals surface area contributed by atoms with Crippen LogP contribution < -0.4 is 10.5 Å². The van der Waals surface area contributed by atoms with E-state index in [1.54, 1.807) is 0 Å². The van der Waals surface area contributed by atoms with Gasteiger partial charge in [-0.05, 0) is 13.3 Å². The quantitative estimate of drug-likeness (QED) is 0.831. The lowest BCUT2D eigenvalue weighted by molar-refractivity contribution is 0.579. The van der Waals surface area contributed by atoms with E-state index in [9.17, 15) is 8.42 Å². The first-order chi connectivity index (χ1) is 9.42. The molecule has 0 spiro atoms. The number of rotatable bonds is 6.